The van der Waals surface area contributed by atoms with Gasteiger partial charge in [0.05, 0.1) is 12.6 Å². The molecule has 2 rings (SSSR count). The Labute approximate surface area is 128 Å². The van der Waals surface area contributed by atoms with E-state index in [4.69, 9.17) is 4.84 Å². The molecular weight excluding hydrogens is 322 g/mol. The Balaban J connectivity index is 1.65. The van der Waals surface area contributed by atoms with Gasteiger partial charge in [-0.3, -0.25) is 15.3 Å². The highest BCUT2D eigenvalue weighted by Gasteiger charge is 2.14. The molecule has 2 heterocycles. The van der Waals surface area contributed by atoms with Crippen molar-refractivity contribution in [2.75, 3.05) is 32.8 Å². The van der Waals surface area contributed by atoms with Crippen molar-refractivity contribution in [1.29, 1.82) is 0 Å². The molecule has 2 N–H and O–H groups in total. The third-order valence-electron chi connectivity index (χ3n) is 3.35. The number of piperidine rings is 1. The van der Waals surface area contributed by atoms with Crippen LogP contribution in [0.2, 0.25) is 0 Å². The molecule has 0 amide bonds. The monoisotopic (exact) mass is 343 g/mol. The van der Waals surface area contributed by atoms with Crippen LogP contribution in [0.15, 0.2) is 27.3 Å². The van der Waals surface area contributed by atoms with E-state index in [1.807, 2.05) is 12.2 Å². The number of allylic oxidation sites excluding steroid dienone is 2. The number of hydrogen-bond acceptors (Lipinski definition) is 5. The van der Waals surface area contributed by atoms with E-state index >= 15 is 0 Å². The molecule has 20 heavy (non-hydrogen) atoms. The fraction of sp³-hybridized carbons (Fsp3) is 0.643. The standard InChI is InChI=1S/C14H22BrN3O2/c15-14(12-5-4-6-16-9-12)17-20-11-13(19)10-18-7-2-1-3-8-18/h4-5,9,13,17,19H,1-3,6-8,10-11H2/b14-12+. The molecule has 1 unspecified atom stereocenters. The maximum atomic E-state index is 9.95. The zero-order valence-corrected chi connectivity index (χ0v) is 13.2. The van der Waals surface area contributed by atoms with Gasteiger partial charge in [-0.25, -0.2) is 0 Å². The van der Waals surface area contributed by atoms with Gasteiger partial charge < -0.3 is 10.0 Å². The lowest BCUT2D eigenvalue weighted by Gasteiger charge is -2.28. The number of nitrogens with one attached hydrogen (secondary N) is 1. The molecule has 5 nitrogen and oxygen atoms in total. The van der Waals surface area contributed by atoms with Gasteiger partial charge in [0.1, 0.15) is 11.2 Å². The average molecular weight is 344 g/mol. The van der Waals surface area contributed by atoms with Crippen molar-refractivity contribution in [3.8, 4) is 0 Å². The molecule has 0 saturated carbocycles. The van der Waals surface area contributed by atoms with Crippen LogP contribution in [0.4, 0.5) is 0 Å². The largest absolute Gasteiger partial charge is 0.389 e. The number of likely N-dealkylation sites (tertiary alicyclic amines) is 1. The molecule has 112 valence electrons. The van der Waals surface area contributed by atoms with Crippen LogP contribution in [0.1, 0.15) is 19.3 Å². The normalized spacial score (nSPS) is 23.7. The lowest BCUT2D eigenvalue weighted by Crippen LogP contribution is -2.38. The molecule has 0 aromatic heterocycles. The van der Waals surface area contributed by atoms with E-state index in [-0.39, 0.29) is 6.61 Å². The van der Waals surface area contributed by atoms with Crippen LogP contribution in [0.25, 0.3) is 0 Å². The smallest absolute Gasteiger partial charge is 0.112 e. The molecule has 0 spiro atoms. The molecule has 0 bridgehead atoms. The summed E-state index contributed by atoms with van der Waals surface area (Å²) in [5.41, 5.74) is 3.73. The SMILES string of the molecule is OC(CON/C(Br)=C1\C=CCN=C1)CN1CCCCC1. The Bertz CT molecular complexity index is 376. The summed E-state index contributed by atoms with van der Waals surface area (Å²) < 4.78 is 0.724. The minimum Gasteiger partial charge on any atom is -0.389 e. The Kier molecular flexibility index (Phi) is 6.72. The van der Waals surface area contributed by atoms with Crippen LogP contribution in [-0.4, -0.2) is 55.1 Å². The minimum absolute atomic E-state index is 0.264. The number of halogens is 1. The van der Waals surface area contributed by atoms with E-state index in [0.717, 1.165) is 29.8 Å². The van der Waals surface area contributed by atoms with Crippen LogP contribution in [-0.2, 0) is 4.84 Å². The van der Waals surface area contributed by atoms with Gasteiger partial charge in [0.25, 0.3) is 0 Å². The molecule has 1 fully saturated rings. The third-order valence-corrected chi connectivity index (χ3v) is 3.97. The highest BCUT2D eigenvalue weighted by atomic mass is 79.9. The van der Waals surface area contributed by atoms with Gasteiger partial charge in [0.2, 0.25) is 0 Å². The Morgan fingerprint density at radius 3 is 2.95 bits per heavy atom. The van der Waals surface area contributed by atoms with E-state index < -0.39 is 6.10 Å². The lowest BCUT2D eigenvalue weighted by atomic mass is 10.1. The van der Waals surface area contributed by atoms with Crippen LogP contribution in [0.3, 0.4) is 0 Å². The number of aliphatic hydroxyl groups is 1. The number of aliphatic hydroxyl groups excluding tert-OH is 1. The second-order valence-electron chi connectivity index (χ2n) is 5.09. The van der Waals surface area contributed by atoms with E-state index in [0.29, 0.717) is 6.54 Å². The lowest BCUT2D eigenvalue weighted by molar-refractivity contribution is -0.0173. The number of dihydropyridines is 1. The van der Waals surface area contributed by atoms with Gasteiger partial charge in [-0.1, -0.05) is 18.6 Å². The molecule has 2 aliphatic heterocycles. The highest BCUT2D eigenvalue weighted by Crippen LogP contribution is 2.11. The molecule has 2 aliphatic rings. The Hall–Kier alpha value is -0.690. The second-order valence-corrected chi connectivity index (χ2v) is 5.89. The number of hydrogen-bond donors (Lipinski definition) is 2. The highest BCUT2D eigenvalue weighted by molar-refractivity contribution is 9.11. The number of hydroxylamine groups is 1. The van der Waals surface area contributed by atoms with E-state index in [1.165, 1.54) is 19.3 Å². The van der Waals surface area contributed by atoms with Gasteiger partial charge in [0.15, 0.2) is 0 Å². The van der Waals surface area contributed by atoms with Gasteiger partial charge >= 0.3 is 0 Å². The molecule has 6 heteroatoms. The fourth-order valence-electron chi connectivity index (χ4n) is 2.32. The molecule has 0 radical (unpaired) electrons. The number of aliphatic imine (C=N–C) groups is 1. The maximum absolute atomic E-state index is 9.95. The predicted molar refractivity (Wildman–Crippen MR) is 83.8 cm³/mol. The first kappa shape index (κ1) is 15.7. The zero-order chi connectivity index (χ0) is 14.2. The van der Waals surface area contributed by atoms with Crippen LogP contribution in [0, 0.1) is 0 Å². The summed E-state index contributed by atoms with van der Waals surface area (Å²) in [6, 6.07) is 0. The molecule has 0 aromatic rings. The molecule has 1 atom stereocenters. The van der Waals surface area contributed by atoms with E-state index in [2.05, 4.69) is 31.3 Å². The summed E-state index contributed by atoms with van der Waals surface area (Å²) >= 11 is 3.40. The minimum atomic E-state index is -0.471. The Morgan fingerprint density at radius 1 is 1.45 bits per heavy atom. The van der Waals surface area contributed by atoms with Crippen molar-refractivity contribution in [2.24, 2.45) is 4.99 Å². The predicted octanol–water partition coefficient (Wildman–Crippen LogP) is 1.60. The number of rotatable bonds is 6. The van der Waals surface area contributed by atoms with Crippen LogP contribution in [0.5, 0.6) is 0 Å². The number of β-amino-alcohol motifs (C(OH)–C–C–N with tert-alkyl or cyclic N) is 1. The molecule has 1 saturated heterocycles. The van der Waals surface area contributed by atoms with Gasteiger partial charge in [-0.2, -0.15) is 0 Å². The summed E-state index contributed by atoms with van der Waals surface area (Å²) in [5, 5.41) is 9.95. The average Bonchev–Trinajstić information content (AvgIpc) is 2.49. The van der Waals surface area contributed by atoms with E-state index in [9.17, 15) is 5.11 Å². The van der Waals surface area contributed by atoms with Crippen molar-refractivity contribution >= 4 is 22.1 Å². The van der Waals surface area contributed by atoms with Crippen LogP contribution < -0.4 is 5.48 Å². The summed E-state index contributed by atoms with van der Waals surface area (Å²) in [5.74, 6) is 0. The zero-order valence-electron chi connectivity index (χ0n) is 11.6. The van der Waals surface area contributed by atoms with E-state index in [1.54, 1.807) is 6.21 Å². The van der Waals surface area contributed by atoms with Gasteiger partial charge in [0, 0.05) is 18.3 Å². The summed E-state index contributed by atoms with van der Waals surface area (Å²) in [6.45, 7) is 3.83. The van der Waals surface area contributed by atoms with Crippen molar-refractivity contribution in [3.05, 3.63) is 22.3 Å². The third kappa shape index (κ3) is 5.36. The Morgan fingerprint density at radius 2 is 2.25 bits per heavy atom. The van der Waals surface area contributed by atoms with Crippen molar-refractivity contribution in [3.63, 3.8) is 0 Å². The first-order valence-electron chi connectivity index (χ1n) is 7.10. The second kappa shape index (κ2) is 8.56. The van der Waals surface area contributed by atoms with Gasteiger partial charge in [-0.15, -0.1) is 0 Å². The molecule has 0 aliphatic carbocycles. The molecular formula is C14H22BrN3O2. The topological polar surface area (TPSA) is 57.1 Å². The summed E-state index contributed by atoms with van der Waals surface area (Å²) in [4.78, 5) is 11.8. The van der Waals surface area contributed by atoms with Crippen molar-refractivity contribution < 1.29 is 9.94 Å². The fourth-order valence-corrected chi connectivity index (χ4v) is 2.67. The summed E-state index contributed by atoms with van der Waals surface area (Å²) in [6.07, 6.45) is 9.03. The van der Waals surface area contributed by atoms with Gasteiger partial charge in [-0.05, 0) is 41.9 Å². The van der Waals surface area contributed by atoms with Crippen molar-refractivity contribution in [1.82, 2.24) is 10.4 Å². The van der Waals surface area contributed by atoms with Crippen LogP contribution >= 0.6 is 15.9 Å². The first-order chi connectivity index (χ1) is 9.75. The first-order valence-corrected chi connectivity index (χ1v) is 7.89. The molecule has 0 aromatic carbocycles. The quantitative estimate of drug-likeness (QED) is 0.568. The maximum Gasteiger partial charge on any atom is 0.112 e. The van der Waals surface area contributed by atoms with Crippen molar-refractivity contribution in [2.45, 2.75) is 25.4 Å². The number of nitrogens with zero attached hydrogens (tertiary/aromatic N) is 2. The summed E-state index contributed by atoms with van der Waals surface area (Å²) in [7, 11) is 0.